The molecule has 2 aromatic rings. The molecule has 0 aromatic carbocycles. The highest BCUT2D eigenvalue weighted by Crippen LogP contribution is 2.31. The average molecular weight is 347 g/mol. The number of halogens is 3. The summed E-state index contributed by atoms with van der Waals surface area (Å²) in [6.45, 7) is 1.75. The van der Waals surface area contributed by atoms with Crippen LogP contribution in [0.1, 0.15) is 24.1 Å². The van der Waals surface area contributed by atoms with Gasteiger partial charge in [0.2, 0.25) is 11.6 Å². The van der Waals surface area contributed by atoms with Crippen LogP contribution in [-0.4, -0.2) is 33.8 Å². The fourth-order valence-corrected chi connectivity index (χ4v) is 2.68. The monoisotopic (exact) mass is 347 g/mol. The maximum atomic E-state index is 12.4. The number of hydrogen-bond donors (Lipinski definition) is 0. The number of amides is 1. The highest BCUT2D eigenvalue weighted by Gasteiger charge is 2.38. The summed E-state index contributed by atoms with van der Waals surface area (Å²) in [4.78, 5) is 28.6. The van der Waals surface area contributed by atoms with Crippen LogP contribution in [-0.2, 0) is 22.3 Å². The number of Topliss-reactive ketones (excluding diaryl/α,β-unsaturated/α-hetero) is 1. The molecule has 0 unspecified atom stereocenters. The molecular weight excluding hydrogens is 335 g/mol. The molecule has 0 fully saturated rings. The van der Waals surface area contributed by atoms with E-state index in [2.05, 4.69) is 14.7 Å². The fraction of sp³-hybridized carbons (Fsp3) is 0.385. The highest BCUT2D eigenvalue weighted by molar-refractivity contribution is 7.15. The number of ketones is 1. The number of likely N-dealkylation sites (N-methyl/N-ethyl adjacent to an activating group) is 1. The number of nitrogens with zero attached hydrogens (tertiary/aromatic N) is 3. The van der Waals surface area contributed by atoms with E-state index in [1.165, 1.54) is 18.0 Å². The van der Waals surface area contributed by atoms with E-state index >= 15 is 0 Å². The van der Waals surface area contributed by atoms with Gasteiger partial charge in [0.1, 0.15) is 0 Å². The minimum atomic E-state index is -4.70. The molecule has 0 aliphatic rings. The first-order chi connectivity index (χ1) is 10.7. The summed E-state index contributed by atoms with van der Waals surface area (Å²) in [6, 6.07) is 3.16. The van der Waals surface area contributed by atoms with Gasteiger partial charge in [0, 0.05) is 18.3 Å². The molecule has 6 nitrogen and oxygen atoms in total. The Balaban J connectivity index is 2.10. The normalized spacial score (nSPS) is 11.5. The Morgan fingerprint density at radius 2 is 2.04 bits per heavy atom. The van der Waals surface area contributed by atoms with Crippen LogP contribution in [0.4, 0.5) is 13.2 Å². The first-order valence-electron chi connectivity index (χ1n) is 6.50. The zero-order valence-electron chi connectivity index (χ0n) is 12.2. The van der Waals surface area contributed by atoms with Crippen molar-refractivity contribution in [3.05, 3.63) is 22.9 Å². The molecule has 124 valence electrons. The molecule has 1 amide bonds. The lowest BCUT2D eigenvalue weighted by molar-refractivity contribution is -0.159. The van der Waals surface area contributed by atoms with Crippen LogP contribution in [0, 0.1) is 0 Å². The number of aromatic nitrogens is 2. The molecule has 23 heavy (non-hydrogen) atoms. The summed E-state index contributed by atoms with van der Waals surface area (Å²) < 4.78 is 41.4. The van der Waals surface area contributed by atoms with Crippen molar-refractivity contribution < 1.29 is 27.3 Å². The van der Waals surface area contributed by atoms with Gasteiger partial charge >= 0.3 is 12.1 Å². The van der Waals surface area contributed by atoms with Crippen LogP contribution in [0.5, 0.6) is 0 Å². The second-order valence-corrected chi connectivity index (χ2v) is 5.79. The third-order valence-electron chi connectivity index (χ3n) is 2.85. The predicted octanol–water partition coefficient (Wildman–Crippen LogP) is 2.75. The average Bonchev–Trinajstić information content (AvgIpc) is 3.13. The smallest absolute Gasteiger partial charge is 0.334 e. The lowest BCUT2D eigenvalue weighted by Crippen LogP contribution is -2.32. The Morgan fingerprint density at radius 1 is 1.35 bits per heavy atom. The maximum Gasteiger partial charge on any atom is 0.471 e. The van der Waals surface area contributed by atoms with Gasteiger partial charge in [-0.2, -0.15) is 18.2 Å². The topological polar surface area (TPSA) is 76.3 Å². The van der Waals surface area contributed by atoms with Crippen molar-refractivity contribution in [1.29, 1.82) is 0 Å². The minimum Gasteiger partial charge on any atom is -0.334 e. The second-order valence-electron chi connectivity index (χ2n) is 4.62. The van der Waals surface area contributed by atoms with E-state index in [1.54, 1.807) is 13.0 Å². The number of hydrogen-bond acceptors (Lipinski definition) is 6. The number of carbonyl (C=O) groups is 2. The Kier molecular flexibility index (Phi) is 4.83. The molecule has 0 radical (unpaired) electrons. The van der Waals surface area contributed by atoms with Gasteiger partial charge in [-0.05, 0) is 12.1 Å². The van der Waals surface area contributed by atoms with Gasteiger partial charge in [-0.25, -0.2) is 0 Å². The lowest BCUT2D eigenvalue weighted by atomic mass is 10.3. The van der Waals surface area contributed by atoms with Crippen molar-refractivity contribution >= 4 is 23.0 Å². The summed E-state index contributed by atoms with van der Waals surface area (Å²) in [5, 5.41) is 3.29. The zero-order valence-corrected chi connectivity index (χ0v) is 13.0. The molecule has 0 aliphatic heterocycles. The van der Waals surface area contributed by atoms with Crippen LogP contribution in [0.3, 0.4) is 0 Å². The zero-order chi connectivity index (χ0) is 17.2. The van der Waals surface area contributed by atoms with E-state index in [-0.39, 0.29) is 18.8 Å². The number of alkyl halides is 3. The van der Waals surface area contributed by atoms with E-state index in [1.807, 2.05) is 0 Å². The number of thiophene rings is 1. The van der Waals surface area contributed by atoms with E-state index in [4.69, 9.17) is 0 Å². The van der Waals surface area contributed by atoms with Crippen LogP contribution in [0.15, 0.2) is 16.7 Å². The van der Waals surface area contributed by atoms with Crippen molar-refractivity contribution in [3.63, 3.8) is 0 Å². The Hall–Kier alpha value is -2.23. The van der Waals surface area contributed by atoms with Crippen molar-refractivity contribution in [3.8, 4) is 10.7 Å². The molecule has 0 spiro atoms. The summed E-state index contributed by atoms with van der Waals surface area (Å²) in [7, 11) is 1.48. The number of carbonyl (C=O) groups excluding carboxylic acids is 2. The van der Waals surface area contributed by atoms with Crippen LogP contribution >= 0.6 is 11.3 Å². The Labute approximate surface area is 132 Å². The van der Waals surface area contributed by atoms with Gasteiger partial charge < -0.3 is 9.42 Å². The highest BCUT2D eigenvalue weighted by atomic mass is 32.1. The van der Waals surface area contributed by atoms with Crippen molar-refractivity contribution in [2.45, 2.75) is 26.1 Å². The molecule has 0 saturated heterocycles. The largest absolute Gasteiger partial charge is 0.471 e. The van der Waals surface area contributed by atoms with Crippen LogP contribution in [0.25, 0.3) is 10.7 Å². The van der Waals surface area contributed by atoms with Crippen molar-refractivity contribution in [2.75, 3.05) is 7.05 Å². The van der Waals surface area contributed by atoms with Crippen molar-refractivity contribution in [2.24, 2.45) is 0 Å². The lowest BCUT2D eigenvalue weighted by Gasteiger charge is -2.14. The quantitative estimate of drug-likeness (QED) is 0.778. The number of rotatable bonds is 5. The van der Waals surface area contributed by atoms with E-state index in [0.29, 0.717) is 9.75 Å². The van der Waals surface area contributed by atoms with E-state index in [0.717, 1.165) is 11.3 Å². The molecule has 0 N–H and O–H groups in total. The van der Waals surface area contributed by atoms with Gasteiger partial charge in [-0.1, -0.05) is 12.1 Å². The minimum absolute atomic E-state index is 0.113. The summed E-state index contributed by atoms with van der Waals surface area (Å²) >= 11 is 1.12. The van der Waals surface area contributed by atoms with Crippen molar-refractivity contribution in [1.82, 2.24) is 15.0 Å². The third-order valence-corrected chi connectivity index (χ3v) is 3.92. The molecule has 10 heteroatoms. The summed E-state index contributed by atoms with van der Waals surface area (Å²) in [5.74, 6) is -2.70. The maximum absolute atomic E-state index is 12.4. The van der Waals surface area contributed by atoms with E-state index in [9.17, 15) is 22.8 Å². The van der Waals surface area contributed by atoms with Gasteiger partial charge in [0.25, 0.3) is 5.91 Å². The molecule has 2 rings (SSSR count). The molecule has 2 aromatic heterocycles. The first-order valence-corrected chi connectivity index (χ1v) is 7.32. The van der Waals surface area contributed by atoms with Gasteiger partial charge in [-0.3, -0.25) is 9.59 Å². The second kappa shape index (κ2) is 6.49. The molecule has 0 aliphatic carbocycles. The SMILES string of the molecule is CCC(=O)C(=O)N(C)Cc1ccc(-c2noc(C(F)(F)F)n2)s1. The van der Waals surface area contributed by atoms with Crippen LogP contribution < -0.4 is 0 Å². The van der Waals surface area contributed by atoms with Gasteiger partial charge in [-0.15, -0.1) is 11.3 Å². The molecule has 0 atom stereocenters. The Morgan fingerprint density at radius 3 is 2.61 bits per heavy atom. The van der Waals surface area contributed by atoms with E-state index < -0.39 is 23.8 Å². The van der Waals surface area contributed by atoms with Crippen LogP contribution in [0.2, 0.25) is 0 Å². The summed E-state index contributed by atoms with van der Waals surface area (Å²) in [6.07, 6.45) is -4.58. The fourth-order valence-electron chi connectivity index (χ4n) is 1.69. The van der Waals surface area contributed by atoms with Gasteiger partial charge in [0.05, 0.1) is 11.4 Å². The first kappa shape index (κ1) is 17.1. The standard InChI is InChI=1S/C13H12F3N3O3S/c1-3-8(20)11(21)19(2)6-7-4-5-9(23-7)10-17-12(22-18-10)13(14,15)16/h4-5H,3,6H2,1-2H3. The summed E-state index contributed by atoms with van der Waals surface area (Å²) in [5.41, 5.74) is 0. The molecule has 0 bridgehead atoms. The third kappa shape index (κ3) is 3.95. The molecule has 0 saturated carbocycles. The molecular formula is C13H12F3N3O3S. The Bertz CT molecular complexity index is 723. The van der Waals surface area contributed by atoms with Gasteiger partial charge in [0.15, 0.2) is 0 Å². The molecule has 2 heterocycles. The predicted molar refractivity (Wildman–Crippen MR) is 74.4 cm³/mol.